The highest BCUT2D eigenvalue weighted by molar-refractivity contribution is 6.37. The fourth-order valence-electron chi connectivity index (χ4n) is 1.70. The number of halogens is 3. The molecule has 0 unspecified atom stereocenters. The molecule has 0 saturated heterocycles. The molecule has 0 atom stereocenters. The van der Waals surface area contributed by atoms with E-state index in [4.69, 9.17) is 34.8 Å². The van der Waals surface area contributed by atoms with Crippen LogP contribution in [0.3, 0.4) is 0 Å². The standard InChI is InChI=1S/C14H9Cl3N2O3/c1-7-2-3-8(4-9(7)15)14(20)18-12-5-11(17)13(19(21)22)6-10(12)16/h2-6H,1H3,(H,18,20). The van der Waals surface area contributed by atoms with Crippen LogP contribution in [0.25, 0.3) is 0 Å². The monoisotopic (exact) mass is 358 g/mol. The molecule has 0 heterocycles. The smallest absolute Gasteiger partial charge is 0.289 e. The number of rotatable bonds is 3. The van der Waals surface area contributed by atoms with Gasteiger partial charge in [-0.25, -0.2) is 0 Å². The average Bonchev–Trinajstić information content (AvgIpc) is 2.45. The van der Waals surface area contributed by atoms with Gasteiger partial charge in [-0.15, -0.1) is 0 Å². The molecule has 0 saturated carbocycles. The van der Waals surface area contributed by atoms with Crippen molar-refractivity contribution >= 4 is 52.1 Å². The van der Waals surface area contributed by atoms with Gasteiger partial charge in [0.05, 0.1) is 15.6 Å². The van der Waals surface area contributed by atoms with Crippen LogP contribution in [-0.4, -0.2) is 10.8 Å². The number of hydrogen-bond acceptors (Lipinski definition) is 3. The Bertz CT molecular complexity index is 778. The number of nitro benzene ring substituents is 1. The van der Waals surface area contributed by atoms with Gasteiger partial charge >= 0.3 is 0 Å². The van der Waals surface area contributed by atoms with Crippen molar-refractivity contribution < 1.29 is 9.72 Å². The number of nitro groups is 1. The molecular weight excluding hydrogens is 351 g/mol. The normalized spacial score (nSPS) is 10.4. The van der Waals surface area contributed by atoms with E-state index in [9.17, 15) is 14.9 Å². The van der Waals surface area contributed by atoms with Gasteiger partial charge in [0.25, 0.3) is 11.6 Å². The Kier molecular flexibility index (Phi) is 4.90. The van der Waals surface area contributed by atoms with Crippen molar-refractivity contribution in [3.8, 4) is 0 Å². The second-order valence-corrected chi connectivity index (χ2v) is 5.68. The molecule has 2 aromatic carbocycles. The van der Waals surface area contributed by atoms with Gasteiger partial charge in [-0.2, -0.15) is 0 Å². The second-order valence-electron chi connectivity index (χ2n) is 4.46. The summed E-state index contributed by atoms with van der Waals surface area (Å²) in [5.74, 6) is -0.450. The molecule has 0 aliphatic rings. The van der Waals surface area contributed by atoms with Crippen LogP contribution in [0.5, 0.6) is 0 Å². The molecule has 8 heteroatoms. The molecule has 1 N–H and O–H groups in total. The van der Waals surface area contributed by atoms with Crippen molar-refractivity contribution in [3.63, 3.8) is 0 Å². The summed E-state index contributed by atoms with van der Waals surface area (Å²) in [5.41, 5.74) is 1.03. The minimum Gasteiger partial charge on any atom is -0.321 e. The summed E-state index contributed by atoms with van der Waals surface area (Å²) in [4.78, 5) is 22.3. The van der Waals surface area contributed by atoms with Crippen molar-refractivity contribution in [2.75, 3.05) is 5.32 Å². The SMILES string of the molecule is Cc1ccc(C(=O)Nc2cc(Cl)c([N+](=O)[O-])cc2Cl)cc1Cl. The second kappa shape index (κ2) is 6.52. The highest BCUT2D eigenvalue weighted by Crippen LogP contribution is 2.34. The zero-order valence-corrected chi connectivity index (χ0v) is 13.5. The first-order chi connectivity index (χ1) is 10.3. The van der Waals surface area contributed by atoms with Crippen LogP contribution in [0.15, 0.2) is 30.3 Å². The summed E-state index contributed by atoms with van der Waals surface area (Å²) in [6, 6.07) is 7.16. The van der Waals surface area contributed by atoms with Crippen LogP contribution in [0.1, 0.15) is 15.9 Å². The Hall–Kier alpha value is -1.82. The number of carbonyl (C=O) groups is 1. The maximum Gasteiger partial charge on any atom is 0.289 e. The Morgan fingerprint density at radius 2 is 1.77 bits per heavy atom. The highest BCUT2D eigenvalue weighted by atomic mass is 35.5. The van der Waals surface area contributed by atoms with Gasteiger partial charge in [0.2, 0.25) is 0 Å². The fraction of sp³-hybridized carbons (Fsp3) is 0.0714. The van der Waals surface area contributed by atoms with Crippen LogP contribution >= 0.6 is 34.8 Å². The Labute approximate surface area is 140 Å². The van der Waals surface area contributed by atoms with E-state index < -0.39 is 10.8 Å². The maximum absolute atomic E-state index is 12.2. The number of anilines is 1. The van der Waals surface area contributed by atoms with Crippen LogP contribution < -0.4 is 5.32 Å². The fourth-order valence-corrected chi connectivity index (χ4v) is 2.32. The van der Waals surface area contributed by atoms with E-state index >= 15 is 0 Å². The molecule has 0 aliphatic carbocycles. The van der Waals surface area contributed by atoms with Crippen molar-refractivity contribution in [2.24, 2.45) is 0 Å². The first-order valence-corrected chi connectivity index (χ1v) is 7.14. The molecule has 22 heavy (non-hydrogen) atoms. The van der Waals surface area contributed by atoms with Gasteiger partial charge in [-0.1, -0.05) is 40.9 Å². The van der Waals surface area contributed by atoms with Gasteiger partial charge in [-0.3, -0.25) is 14.9 Å². The molecule has 2 aromatic rings. The van der Waals surface area contributed by atoms with E-state index in [1.807, 2.05) is 6.92 Å². The quantitative estimate of drug-likeness (QED) is 0.611. The number of benzene rings is 2. The molecule has 1 amide bonds. The molecule has 0 spiro atoms. The zero-order chi connectivity index (χ0) is 16.4. The van der Waals surface area contributed by atoms with Crippen LogP contribution in [0, 0.1) is 17.0 Å². The van der Waals surface area contributed by atoms with Crippen LogP contribution in [-0.2, 0) is 0 Å². The largest absolute Gasteiger partial charge is 0.321 e. The lowest BCUT2D eigenvalue weighted by Gasteiger charge is -2.09. The molecule has 0 fully saturated rings. The minimum absolute atomic E-state index is 0.0164. The van der Waals surface area contributed by atoms with Crippen molar-refractivity contribution in [1.82, 2.24) is 0 Å². The summed E-state index contributed by atoms with van der Waals surface area (Å²) in [6.07, 6.45) is 0. The van der Waals surface area contributed by atoms with Crippen molar-refractivity contribution in [2.45, 2.75) is 6.92 Å². The van der Waals surface area contributed by atoms with E-state index in [1.54, 1.807) is 12.1 Å². The molecule has 0 radical (unpaired) electrons. The first-order valence-electron chi connectivity index (χ1n) is 6.00. The predicted molar refractivity (Wildman–Crippen MR) is 87.3 cm³/mol. The molecule has 5 nitrogen and oxygen atoms in total. The highest BCUT2D eigenvalue weighted by Gasteiger charge is 2.18. The molecule has 0 bridgehead atoms. The van der Waals surface area contributed by atoms with Gasteiger partial charge in [-0.05, 0) is 30.7 Å². The Balaban J connectivity index is 2.30. The topological polar surface area (TPSA) is 72.2 Å². The number of aryl methyl sites for hydroxylation is 1. The summed E-state index contributed by atoms with van der Waals surface area (Å²) < 4.78 is 0. The minimum atomic E-state index is -0.653. The Morgan fingerprint density at radius 1 is 1.09 bits per heavy atom. The third-order valence-electron chi connectivity index (χ3n) is 2.92. The predicted octanol–water partition coefficient (Wildman–Crippen LogP) is 5.12. The molecule has 114 valence electrons. The number of amides is 1. The van der Waals surface area contributed by atoms with E-state index in [-0.39, 0.29) is 21.4 Å². The van der Waals surface area contributed by atoms with E-state index in [2.05, 4.69) is 5.32 Å². The number of nitrogens with one attached hydrogen (secondary N) is 1. The number of hydrogen-bond donors (Lipinski definition) is 1. The lowest BCUT2D eigenvalue weighted by atomic mass is 10.1. The summed E-state index contributed by atoms with van der Waals surface area (Å²) in [5, 5.41) is 13.7. The van der Waals surface area contributed by atoms with Gasteiger partial charge in [0, 0.05) is 16.7 Å². The average molecular weight is 360 g/mol. The molecular formula is C14H9Cl3N2O3. The number of nitrogens with zero attached hydrogens (tertiary/aromatic N) is 1. The van der Waals surface area contributed by atoms with E-state index in [0.29, 0.717) is 10.6 Å². The summed E-state index contributed by atoms with van der Waals surface area (Å²) in [7, 11) is 0. The first kappa shape index (κ1) is 16.5. The maximum atomic E-state index is 12.2. The molecule has 0 aromatic heterocycles. The Morgan fingerprint density at radius 3 is 2.36 bits per heavy atom. The van der Waals surface area contributed by atoms with Crippen molar-refractivity contribution in [3.05, 3.63) is 66.6 Å². The van der Waals surface area contributed by atoms with Crippen LogP contribution in [0.2, 0.25) is 15.1 Å². The molecule has 2 rings (SSSR count). The lowest BCUT2D eigenvalue weighted by Crippen LogP contribution is -2.12. The summed E-state index contributed by atoms with van der Waals surface area (Å²) >= 11 is 17.7. The van der Waals surface area contributed by atoms with Gasteiger partial charge in [0.1, 0.15) is 5.02 Å². The summed E-state index contributed by atoms with van der Waals surface area (Å²) in [6.45, 7) is 1.82. The third kappa shape index (κ3) is 3.50. The number of carbonyl (C=O) groups excluding carboxylic acids is 1. The third-order valence-corrected chi connectivity index (χ3v) is 3.94. The van der Waals surface area contributed by atoms with Crippen LogP contribution in [0.4, 0.5) is 11.4 Å². The van der Waals surface area contributed by atoms with E-state index in [0.717, 1.165) is 11.6 Å². The lowest BCUT2D eigenvalue weighted by molar-refractivity contribution is -0.384. The van der Waals surface area contributed by atoms with E-state index in [1.165, 1.54) is 12.1 Å². The van der Waals surface area contributed by atoms with Crippen molar-refractivity contribution in [1.29, 1.82) is 0 Å². The van der Waals surface area contributed by atoms with Gasteiger partial charge < -0.3 is 5.32 Å². The molecule has 0 aliphatic heterocycles. The zero-order valence-electron chi connectivity index (χ0n) is 11.2. The van der Waals surface area contributed by atoms with Gasteiger partial charge in [0.15, 0.2) is 0 Å².